The molecule has 0 unspecified atom stereocenters. The molecule has 17 heavy (non-hydrogen) atoms. The number of fused-ring (bicyclic) bond motifs is 1. The van der Waals surface area contributed by atoms with Gasteiger partial charge in [0.1, 0.15) is 5.60 Å². The molecule has 1 aromatic heterocycles. The minimum Gasteiger partial charge on any atom is -0.383 e. The van der Waals surface area contributed by atoms with E-state index in [9.17, 15) is 5.11 Å². The Balaban J connectivity index is 2.05. The Labute approximate surface area is 100 Å². The molecule has 0 aliphatic carbocycles. The molecule has 0 saturated carbocycles. The molecular weight excluding hydrogens is 212 g/mol. The predicted molar refractivity (Wildman–Crippen MR) is 67.7 cm³/mol. The van der Waals surface area contributed by atoms with E-state index >= 15 is 0 Å². The summed E-state index contributed by atoms with van der Waals surface area (Å²) >= 11 is 0. The van der Waals surface area contributed by atoms with Crippen LogP contribution in [0.2, 0.25) is 0 Å². The number of nitrogens with one attached hydrogen (secondary N) is 1. The Bertz CT molecular complexity index is 532. The summed E-state index contributed by atoms with van der Waals surface area (Å²) in [6.45, 7) is 1.70. The van der Waals surface area contributed by atoms with Crippen molar-refractivity contribution in [2.45, 2.75) is 18.4 Å². The zero-order valence-corrected chi connectivity index (χ0v) is 9.69. The van der Waals surface area contributed by atoms with Gasteiger partial charge in [-0.2, -0.15) is 0 Å². The van der Waals surface area contributed by atoms with Crippen molar-refractivity contribution in [3.8, 4) is 0 Å². The molecule has 3 heteroatoms. The second-order valence-corrected chi connectivity index (χ2v) is 4.70. The van der Waals surface area contributed by atoms with Crippen molar-refractivity contribution in [3.63, 3.8) is 0 Å². The van der Waals surface area contributed by atoms with Crippen LogP contribution < -0.4 is 5.32 Å². The highest BCUT2D eigenvalue weighted by Gasteiger charge is 2.32. The number of hydrogen-bond donors (Lipinski definition) is 2. The molecule has 2 N–H and O–H groups in total. The van der Waals surface area contributed by atoms with Gasteiger partial charge in [0.05, 0.1) is 5.69 Å². The number of aromatic nitrogens is 1. The molecule has 88 valence electrons. The van der Waals surface area contributed by atoms with Gasteiger partial charge in [-0.25, -0.2) is 0 Å². The number of benzene rings is 1. The van der Waals surface area contributed by atoms with Crippen LogP contribution in [0.25, 0.3) is 10.8 Å². The summed E-state index contributed by atoms with van der Waals surface area (Å²) in [4.78, 5) is 4.42. The van der Waals surface area contributed by atoms with Crippen LogP contribution in [0.4, 0.5) is 0 Å². The maximum Gasteiger partial charge on any atom is 0.109 e. The summed E-state index contributed by atoms with van der Waals surface area (Å²) in [5.74, 6) is 0. The van der Waals surface area contributed by atoms with Crippen LogP contribution in [-0.2, 0) is 5.60 Å². The molecule has 0 spiro atoms. The Morgan fingerprint density at radius 1 is 1.12 bits per heavy atom. The Morgan fingerprint density at radius 2 is 1.82 bits per heavy atom. The summed E-state index contributed by atoms with van der Waals surface area (Å²) < 4.78 is 0. The largest absolute Gasteiger partial charge is 0.383 e. The van der Waals surface area contributed by atoms with Crippen LogP contribution in [-0.4, -0.2) is 23.2 Å². The number of aliphatic hydroxyl groups is 1. The van der Waals surface area contributed by atoms with Crippen molar-refractivity contribution in [2.24, 2.45) is 0 Å². The van der Waals surface area contributed by atoms with E-state index in [0.29, 0.717) is 0 Å². The van der Waals surface area contributed by atoms with Crippen LogP contribution in [0.5, 0.6) is 0 Å². The zero-order chi connectivity index (χ0) is 11.7. The van der Waals surface area contributed by atoms with Gasteiger partial charge in [-0.1, -0.05) is 24.3 Å². The number of pyridine rings is 1. The third-order valence-electron chi connectivity index (χ3n) is 3.54. The lowest BCUT2D eigenvalue weighted by Crippen LogP contribution is -2.40. The van der Waals surface area contributed by atoms with Crippen LogP contribution in [0.15, 0.2) is 36.5 Å². The fourth-order valence-electron chi connectivity index (χ4n) is 2.43. The van der Waals surface area contributed by atoms with Crippen LogP contribution in [0, 0.1) is 0 Å². The first-order valence-corrected chi connectivity index (χ1v) is 6.06. The second kappa shape index (κ2) is 4.09. The molecular formula is C14H16N2O. The summed E-state index contributed by atoms with van der Waals surface area (Å²) in [6.07, 6.45) is 3.32. The van der Waals surface area contributed by atoms with Crippen molar-refractivity contribution < 1.29 is 5.11 Å². The van der Waals surface area contributed by atoms with E-state index in [2.05, 4.69) is 16.4 Å². The maximum absolute atomic E-state index is 10.6. The van der Waals surface area contributed by atoms with Gasteiger partial charge in [0, 0.05) is 11.6 Å². The quantitative estimate of drug-likeness (QED) is 0.782. The topological polar surface area (TPSA) is 45.2 Å². The van der Waals surface area contributed by atoms with E-state index in [1.54, 1.807) is 0 Å². The molecule has 0 bridgehead atoms. The standard InChI is InChI=1S/C14H16N2O/c17-14(5-7-15-8-6-14)13-9-11-3-1-2-4-12(11)10-16-13/h1-4,9-10,15,17H,5-8H2. The first kappa shape index (κ1) is 10.7. The highest BCUT2D eigenvalue weighted by Crippen LogP contribution is 2.30. The van der Waals surface area contributed by atoms with Crippen molar-refractivity contribution in [3.05, 3.63) is 42.2 Å². The average molecular weight is 228 g/mol. The van der Waals surface area contributed by atoms with Crippen molar-refractivity contribution in [1.82, 2.24) is 10.3 Å². The molecule has 2 heterocycles. The van der Waals surface area contributed by atoms with Gasteiger partial charge in [0.2, 0.25) is 0 Å². The van der Waals surface area contributed by atoms with Gasteiger partial charge in [0.15, 0.2) is 0 Å². The summed E-state index contributed by atoms with van der Waals surface area (Å²) in [5, 5.41) is 16.1. The van der Waals surface area contributed by atoms with E-state index < -0.39 is 5.60 Å². The van der Waals surface area contributed by atoms with Gasteiger partial charge in [-0.05, 0) is 37.4 Å². The van der Waals surface area contributed by atoms with E-state index in [0.717, 1.165) is 42.4 Å². The zero-order valence-electron chi connectivity index (χ0n) is 9.69. The highest BCUT2D eigenvalue weighted by atomic mass is 16.3. The predicted octanol–water partition coefficient (Wildman–Crippen LogP) is 1.81. The lowest BCUT2D eigenvalue weighted by atomic mass is 9.88. The van der Waals surface area contributed by atoms with Gasteiger partial charge >= 0.3 is 0 Å². The summed E-state index contributed by atoms with van der Waals surface area (Å²) in [5.41, 5.74) is 0.0487. The first-order valence-electron chi connectivity index (χ1n) is 6.06. The molecule has 1 aromatic carbocycles. The monoisotopic (exact) mass is 228 g/mol. The molecule has 2 aromatic rings. The number of nitrogens with zero attached hydrogens (tertiary/aromatic N) is 1. The molecule has 1 aliphatic rings. The molecule has 1 saturated heterocycles. The van der Waals surface area contributed by atoms with Gasteiger partial charge in [-0.3, -0.25) is 4.98 Å². The Kier molecular flexibility index (Phi) is 2.57. The molecule has 1 fully saturated rings. The fourth-order valence-corrected chi connectivity index (χ4v) is 2.43. The maximum atomic E-state index is 10.6. The van der Waals surface area contributed by atoms with Crippen molar-refractivity contribution in [2.75, 3.05) is 13.1 Å². The Morgan fingerprint density at radius 3 is 2.59 bits per heavy atom. The minimum atomic E-state index is -0.755. The summed E-state index contributed by atoms with van der Waals surface area (Å²) in [6, 6.07) is 10.1. The van der Waals surface area contributed by atoms with E-state index in [1.807, 2.05) is 30.5 Å². The molecule has 1 aliphatic heterocycles. The van der Waals surface area contributed by atoms with Gasteiger partial charge in [-0.15, -0.1) is 0 Å². The second-order valence-electron chi connectivity index (χ2n) is 4.70. The van der Waals surface area contributed by atoms with Crippen molar-refractivity contribution in [1.29, 1.82) is 0 Å². The van der Waals surface area contributed by atoms with E-state index in [1.165, 1.54) is 0 Å². The SMILES string of the molecule is OC1(c2cc3ccccc3cn2)CCNCC1. The smallest absolute Gasteiger partial charge is 0.109 e. The van der Waals surface area contributed by atoms with E-state index in [4.69, 9.17) is 0 Å². The molecule has 0 radical (unpaired) electrons. The van der Waals surface area contributed by atoms with Gasteiger partial charge < -0.3 is 10.4 Å². The normalized spacial score (nSPS) is 19.4. The molecule has 3 rings (SSSR count). The van der Waals surface area contributed by atoms with Gasteiger partial charge in [0.25, 0.3) is 0 Å². The average Bonchev–Trinajstić information content (AvgIpc) is 2.39. The Hall–Kier alpha value is -1.45. The van der Waals surface area contributed by atoms with Crippen LogP contribution in [0.3, 0.4) is 0 Å². The van der Waals surface area contributed by atoms with Crippen LogP contribution in [0.1, 0.15) is 18.5 Å². The molecule has 0 atom stereocenters. The summed E-state index contributed by atoms with van der Waals surface area (Å²) in [7, 11) is 0. The van der Waals surface area contributed by atoms with Crippen LogP contribution >= 0.6 is 0 Å². The third kappa shape index (κ3) is 1.92. The number of rotatable bonds is 1. The highest BCUT2D eigenvalue weighted by molar-refractivity contribution is 5.81. The minimum absolute atomic E-state index is 0.734. The van der Waals surface area contributed by atoms with E-state index in [-0.39, 0.29) is 0 Å². The number of piperidine rings is 1. The molecule has 0 amide bonds. The van der Waals surface area contributed by atoms with Crippen molar-refractivity contribution >= 4 is 10.8 Å². The number of hydrogen-bond acceptors (Lipinski definition) is 3. The molecule has 3 nitrogen and oxygen atoms in total. The lowest BCUT2D eigenvalue weighted by molar-refractivity contribution is 0.00203. The first-order chi connectivity index (χ1) is 8.28. The fraction of sp³-hybridized carbons (Fsp3) is 0.357. The third-order valence-corrected chi connectivity index (χ3v) is 3.54. The lowest BCUT2D eigenvalue weighted by Gasteiger charge is -2.32.